The summed E-state index contributed by atoms with van der Waals surface area (Å²) in [5.74, 6) is 0.891. The average Bonchev–Trinajstić information content (AvgIpc) is 3.00. The van der Waals surface area contributed by atoms with Gasteiger partial charge in [0.1, 0.15) is 5.75 Å². The molecule has 4 nitrogen and oxygen atoms in total. The van der Waals surface area contributed by atoms with Gasteiger partial charge < -0.3 is 10.1 Å². The van der Waals surface area contributed by atoms with Crippen LogP contribution in [0, 0.1) is 0 Å². The molecular formula is C17H25N3O. The highest BCUT2D eigenvalue weighted by molar-refractivity contribution is 5.30. The number of nitrogens with zero attached hydrogens (tertiary/aromatic N) is 2. The van der Waals surface area contributed by atoms with E-state index in [-0.39, 0.29) is 6.04 Å². The van der Waals surface area contributed by atoms with Gasteiger partial charge in [-0.25, -0.2) is 0 Å². The minimum absolute atomic E-state index is 0.258. The highest BCUT2D eigenvalue weighted by Crippen LogP contribution is 2.19. The summed E-state index contributed by atoms with van der Waals surface area (Å²) in [6, 6.07) is 10.9. The zero-order valence-electron chi connectivity index (χ0n) is 13.3. The van der Waals surface area contributed by atoms with Gasteiger partial charge in [-0.2, -0.15) is 5.10 Å². The summed E-state index contributed by atoms with van der Waals surface area (Å²) < 4.78 is 7.30. The second-order valence-electron chi connectivity index (χ2n) is 5.42. The molecule has 0 saturated heterocycles. The molecule has 2 rings (SSSR count). The van der Waals surface area contributed by atoms with Crippen LogP contribution in [0.15, 0.2) is 36.5 Å². The predicted molar refractivity (Wildman–Crippen MR) is 85.5 cm³/mol. The van der Waals surface area contributed by atoms with Gasteiger partial charge in [-0.3, -0.25) is 4.68 Å². The Kier molecular flexibility index (Phi) is 5.39. The third-order valence-corrected chi connectivity index (χ3v) is 3.89. The Morgan fingerprint density at radius 2 is 2.10 bits per heavy atom. The van der Waals surface area contributed by atoms with Crippen LogP contribution in [0.4, 0.5) is 0 Å². The average molecular weight is 287 g/mol. The van der Waals surface area contributed by atoms with Crippen LogP contribution >= 0.6 is 0 Å². The standard InChI is InChI=1S/C17H25N3O/c1-5-13(2)20-10-9-16(19-20)12-18-14(3)15-7-6-8-17(11-15)21-4/h6-11,13-14,18H,5,12H2,1-4H3/t13?,14-/m0/s1. The Morgan fingerprint density at radius 1 is 1.29 bits per heavy atom. The molecule has 2 aromatic rings. The van der Waals surface area contributed by atoms with E-state index in [9.17, 15) is 0 Å². The molecular weight excluding hydrogens is 262 g/mol. The Bertz CT molecular complexity index is 565. The van der Waals surface area contributed by atoms with Gasteiger partial charge in [0.15, 0.2) is 0 Å². The van der Waals surface area contributed by atoms with E-state index in [0.717, 1.165) is 24.4 Å². The number of rotatable bonds is 7. The van der Waals surface area contributed by atoms with Gasteiger partial charge in [0.2, 0.25) is 0 Å². The van der Waals surface area contributed by atoms with E-state index >= 15 is 0 Å². The molecule has 0 fully saturated rings. The molecule has 0 aliphatic rings. The molecule has 1 N–H and O–H groups in total. The van der Waals surface area contributed by atoms with Crippen molar-refractivity contribution in [2.75, 3.05) is 7.11 Å². The normalized spacial score (nSPS) is 13.9. The number of aromatic nitrogens is 2. The van der Waals surface area contributed by atoms with Crippen molar-refractivity contribution in [2.45, 2.75) is 45.8 Å². The zero-order valence-corrected chi connectivity index (χ0v) is 13.3. The lowest BCUT2D eigenvalue weighted by molar-refractivity contribution is 0.413. The van der Waals surface area contributed by atoms with Gasteiger partial charge >= 0.3 is 0 Å². The number of methoxy groups -OCH3 is 1. The first-order valence-electron chi connectivity index (χ1n) is 7.55. The predicted octanol–water partition coefficient (Wildman–Crippen LogP) is 3.71. The van der Waals surface area contributed by atoms with Gasteiger partial charge in [-0.1, -0.05) is 19.1 Å². The van der Waals surface area contributed by atoms with Crippen molar-refractivity contribution in [3.63, 3.8) is 0 Å². The van der Waals surface area contributed by atoms with Crippen molar-refractivity contribution < 1.29 is 4.74 Å². The van der Waals surface area contributed by atoms with Crippen molar-refractivity contribution in [1.82, 2.24) is 15.1 Å². The fourth-order valence-corrected chi connectivity index (χ4v) is 2.19. The Labute approximate surface area is 127 Å². The van der Waals surface area contributed by atoms with E-state index in [0.29, 0.717) is 6.04 Å². The van der Waals surface area contributed by atoms with Gasteiger partial charge in [-0.05, 0) is 44.0 Å². The van der Waals surface area contributed by atoms with Crippen LogP contribution in [0.1, 0.15) is 50.5 Å². The Hall–Kier alpha value is -1.81. The molecule has 1 heterocycles. The number of hydrogen-bond acceptors (Lipinski definition) is 3. The van der Waals surface area contributed by atoms with E-state index in [1.165, 1.54) is 5.56 Å². The first-order chi connectivity index (χ1) is 10.1. The lowest BCUT2D eigenvalue weighted by atomic mass is 10.1. The Balaban J connectivity index is 1.94. The molecule has 1 unspecified atom stereocenters. The second-order valence-corrected chi connectivity index (χ2v) is 5.42. The van der Waals surface area contributed by atoms with E-state index in [1.807, 2.05) is 16.8 Å². The number of ether oxygens (including phenoxy) is 1. The van der Waals surface area contributed by atoms with E-state index in [2.05, 4.69) is 55.6 Å². The monoisotopic (exact) mass is 287 g/mol. The number of hydrogen-bond donors (Lipinski definition) is 1. The lowest BCUT2D eigenvalue weighted by Crippen LogP contribution is -2.18. The largest absolute Gasteiger partial charge is 0.497 e. The fraction of sp³-hybridized carbons (Fsp3) is 0.471. The highest BCUT2D eigenvalue weighted by Gasteiger charge is 2.08. The van der Waals surface area contributed by atoms with E-state index < -0.39 is 0 Å². The van der Waals surface area contributed by atoms with Crippen LogP contribution in [0.5, 0.6) is 5.75 Å². The molecule has 1 aromatic carbocycles. The van der Waals surface area contributed by atoms with Crippen LogP contribution in [0.2, 0.25) is 0 Å². The van der Waals surface area contributed by atoms with Crippen molar-refractivity contribution in [2.24, 2.45) is 0 Å². The summed E-state index contributed by atoms with van der Waals surface area (Å²) in [5.41, 5.74) is 2.29. The van der Waals surface area contributed by atoms with Crippen LogP contribution in [0.3, 0.4) is 0 Å². The van der Waals surface area contributed by atoms with Gasteiger partial charge in [0.05, 0.1) is 12.8 Å². The van der Waals surface area contributed by atoms with Crippen molar-refractivity contribution >= 4 is 0 Å². The molecule has 0 saturated carbocycles. The molecule has 0 bridgehead atoms. The third-order valence-electron chi connectivity index (χ3n) is 3.89. The summed E-state index contributed by atoms with van der Waals surface area (Å²) >= 11 is 0. The zero-order chi connectivity index (χ0) is 15.2. The van der Waals surface area contributed by atoms with Gasteiger partial charge in [-0.15, -0.1) is 0 Å². The van der Waals surface area contributed by atoms with Crippen LogP contribution in [-0.2, 0) is 6.54 Å². The second kappa shape index (κ2) is 7.27. The summed E-state index contributed by atoms with van der Waals surface area (Å²) in [7, 11) is 1.69. The van der Waals surface area contributed by atoms with E-state index in [4.69, 9.17) is 4.74 Å². The maximum Gasteiger partial charge on any atom is 0.119 e. The van der Waals surface area contributed by atoms with Gasteiger partial charge in [0, 0.05) is 24.8 Å². The summed E-state index contributed by atoms with van der Waals surface area (Å²) in [4.78, 5) is 0. The molecule has 21 heavy (non-hydrogen) atoms. The molecule has 114 valence electrons. The summed E-state index contributed by atoms with van der Waals surface area (Å²) in [5, 5.41) is 8.12. The minimum atomic E-state index is 0.258. The molecule has 1 aromatic heterocycles. The topological polar surface area (TPSA) is 39.1 Å². The minimum Gasteiger partial charge on any atom is -0.497 e. The van der Waals surface area contributed by atoms with Crippen LogP contribution < -0.4 is 10.1 Å². The molecule has 2 atom stereocenters. The van der Waals surface area contributed by atoms with Crippen LogP contribution in [-0.4, -0.2) is 16.9 Å². The highest BCUT2D eigenvalue weighted by atomic mass is 16.5. The van der Waals surface area contributed by atoms with E-state index in [1.54, 1.807) is 7.11 Å². The molecule has 4 heteroatoms. The van der Waals surface area contributed by atoms with Crippen LogP contribution in [0.25, 0.3) is 0 Å². The first-order valence-corrected chi connectivity index (χ1v) is 7.55. The SMILES string of the molecule is CCC(C)n1ccc(CN[C@@H](C)c2cccc(OC)c2)n1. The maximum atomic E-state index is 5.27. The maximum absolute atomic E-state index is 5.27. The fourth-order valence-electron chi connectivity index (χ4n) is 2.19. The molecule has 0 radical (unpaired) electrons. The molecule has 0 amide bonds. The van der Waals surface area contributed by atoms with Crippen molar-refractivity contribution in [3.05, 3.63) is 47.8 Å². The van der Waals surface area contributed by atoms with Crippen molar-refractivity contribution in [3.8, 4) is 5.75 Å². The smallest absolute Gasteiger partial charge is 0.119 e. The molecule has 0 spiro atoms. The van der Waals surface area contributed by atoms with Gasteiger partial charge in [0.25, 0.3) is 0 Å². The lowest BCUT2D eigenvalue weighted by Gasteiger charge is -2.14. The molecule has 0 aliphatic carbocycles. The number of benzene rings is 1. The summed E-state index contributed by atoms with van der Waals surface area (Å²) in [6.07, 6.45) is 3.15. The molecule has 0 aliphatic heterocycles. The third kappa shape index (κ3) is 4.08. The quantitative estimate of drug-likeness (QED) is 0.843. The first kappa shape index (κ1) is 15.6. The number of nitrogens with one attached hydrogen (secondary N) is 1. The van der Waals surface area contributed by atoms with Crippen molar-refractivity contribution in [1.29, 1.82) is 0 Å². The Morgan fingerprint density at radius 3 is 2.81 bits per heavy atom. The summed E-state index contributed by atoms with van der Waals surface area (Å²) in [6.45, 7) is 7.28.